The third-order valence-electron chi connectivity index (χ3n) is 3.43. The lowest BCUT2D eigenvalue weighted by Gasteiger charge is -2.11. The number of nitrogens with zero attached hydrogens (tertiary/aromatic N) is 1. The van der Waals surface area contributed by atoms with Crippen molar-refractivity contribution in [3.05, 3.63) is 59.7 Å². The Hall–Kier alpha value is -3.28. The van der Waals surface area contributed by atoms with Crippen LogP contribution in [0.25, 0.3) is 6.08 Å². The van der Waals surface area contributed by atoms with E-state index in [2.05, 4.69) is 0 Å². The summed E-state index contributed by atoms with van der Waals surface area (Å²) in [6, 6.07) is 11.5. The zero-order valence-corrected chi connectivity index (χ0v) is 13.9. The third-order valence-corrected chi connectivity index (χ3v) is 3.43. The molecule has 0 aromatic heterocycles. The Morgan fingerprint density at radius 2 is 1.84 bits per heavy atom. The zero-order valence-electron chi connectivity index (χ0n) is 13.9. The number of hydrogen-bond donors (Lipinski definition) is 1. The van der Waals surface area contributed by atoms with E-state index >= 15 is 0 Å². The minimum absolute atomic E-state index is 0.0250. The predicted octanol–water partition coefficient (Wildman–Crippen LogP) is 1.48. The van der Waals surface area contributed by atoms with Crippen LogP contribution in [0.15, 0.2) is 48.5 Å². The second-order valence-corrected chi connectivity index (χ2v) is 5.52. The summed E-state index contributed by atoms with van der Waals surface area (Å²) >= 11 is 0. The molecule has 0 saturated heterocycles. The number of allylic oxidation sites excluding steroid dienone is 1. The number of aliphatic carboxylic acids is 1. The number of carboxylic acids is 1. The van der Waals surface area contributed by atoms with E-state index in [1.807, 2.05) is 43.3 Å². The molecular weight excluding hydrogens is 322 g/mol. The van der Waals surface area contributed by atoms with Gasteiger partial charge in [0.15, 0.2) is 5.78 Å². The van der Waals surface area contributed by atoms with Gasteiger partial charge in [-0.15, -0.1) is 0 Å². The fraction of sp³-hybridized carbons (Fsp3) is 0.158. The number of phenols is 1. The highest BCUT2D eigenvalue weighted by molar-refractivity contribution is 6.08. The number of benzene rings is 2. The first-order chi connectivity index (χ1) is 11.9. The number of carboxylic acid groups (broad SMARTS) is 1. The van der Waals surface area contributed by atoms with Gasteiger partial charge in [0.1, 0.15) is 18.1 Å². The number of phenolic OH excluding ortho intramolecular Hbond substituents is 1. The van der Waals surface area contributed by atoms with Crippen molar-refractivity contribution in [3.63, 3.8) is 0 Å². The molecule has 6 nitrogen and oxygen atoms in total. The number of anilines is 1. The van der Waals surface area contributed by atoms with Crippen molar-refractivity contribution in [1.82, 2.24) is 0 Å². The van der Waals surface area contributed by atoms with Crippen LogP contribution in [-0.2, 0) is 4.79 Å². The highest BCUT2D eigenvalue weighted by Gasteiger charge is 2.10. The van der Waals surface area contributed by atoms with E-state index < -0.39 is 18.4 Å². The Morgan fingerprint density at radius 1 is 1.16 bits per heavy atom. The molecule has 0 bridgehead atoms. The van der Waals surface area contributed by atoms with E-state index in [-0.39, 0.29) is 17.1 Å². The molecule has 6 heteroatoms. The average Bonchev–Trinajstić information content (AvgIpc) is 2.59. The number of ketones is 1. The molecule has 0 spiro atoms. The van der Waals surface area contributed by atoms with Crippen molar-refractivity contribution in [2.45, 2.75) is 0 Å². The molecule has 2 rings (SSSR count). The summed E-state index contributed by atoms with van der Waals surface area (Å²) < 4.78 is 4.96. The van der Waals surface area contributed by atoms with Gasteiger partial charge in [-0.05, 0) is 42.0 Å². The van der Waals surface area contributed by atoms with Crippen LogP contribution in [0.1, 0.15) is 15.9 Å². The number of rotatable bonds is 7. The molecule has 0 aliphatic carbocycles. The van der Waals surface area contributed by atoms with Gasteiger partial charge in [0, 0.05) is 19.8 Å². The quantitative estimate of drug-likeness (QED) is 0.607. The molecule has 0 aliphatic heterocycles. The Labute approximate surface area is 145 Å². The molecule has 130 valence electrons. The largest absolute Gasteiger partial charge is 0.546 e. The van der Waals surface area contributed by atoms with Gasteiger partial charge in [0.25, 0.3) is 0 Å². The Bertz CT molecular complexity index is 794. The van der Waals surface area contributed by atoms with Crippen molar-refractivity contribution < 1.29 is 24.5 Å². The van der Waals surface area contributed by atoms with Gasteiger partial charge in [-0.2, -0.15) is 0 Å². The van der Waals surface area contributed by atoms with Crippen molar-refractivity contribution >= 4 is 23.5 Å². The Morgan fingerprint density at radius 3 is 2.44 bits per heavy atom. The second kappa shape index (κ2) is 8.01. The van der Waals surface area contributed by atoms with Crippen LogP contribution >= 0.6 is 0 Å². The van der Waals surface area contributed by atoms with E-state index in [0.717, 1.165) is 11.3 Å². The first-order valence-corrected chi connectivity index (χ1v) is 7.52. The molecule has 0 unspecified atom stereocenters. The van der Waals surface area contributed by atoms with Crippen LogP contribution in [0, 0.1) is 0 Å². The van der Waals surface area contributed by atoms with Crippen molar-refractivity contribution in [1.29, 1.82) is 0 Å². The summed E-state index contributed by atoms with van der Waals surface area (Å²) in [4.78, 5) is 24.6. The maximum absolute atomic E-state index is 12.3. The van der Waals surface area contributed by atoms with E-state index in [4.69, 9.17) is 4.74 Å². The monoisotopic (exact) mass is 340 g/mol. The van der Waals surface area contributed by atoms with Crippen LogP contribution in [0.2, 0.25) is 0 Å². The summed E-state index contributed by atoms with van der Waals surface area (Å²) in [5.41, 5.74) is 1.90. The third kappa shape index (κ3) is 5.10. The van der Waals surface area contributed by atoms with Gasteiger partial charge in [0.2, 0.25) is 0 Å². The highest BCUT2D eigenvalue weighted by Crippen LogP contribution is 2.24. The van der Waals surface area contributed by atoms with E-state index in [1.54, 1.807) is 6.08 Å². The molecular formula is C19H18NO5-. The highest BCUT2D eigenvalue weighted by atomic mass is 16.5. The predicted molar refractivity (Wildman–Crippen MR) is 92.7 cm³/mol. The van der Waals surface area contributed by atoms with E-state index in [0.29, 0.717) is 0 Å². The molecule has 0 radical (unpaired) electrons. The van der Waals surface area contributed by atoms with Gasteiger partial charge < -0.3 is 24.6 Å². The van der Waals surface area contributed by atoms with E-state index in [1.165, 1.54) is 24.3 Å². The molecule has 2 aromatic rings. The topological polar surface area (TPSA) is 89.9 Å². The summed E-state index contributed by atoms with van der Waals surface area (Å²) in [5, 5.41) is 20.3. The molecule has 1 N–H and O–H groups in total. The summed E-state index contributed by atoms with van der Waals surface area (Å²) in [6.07, 6.45) is 2.97. The standard InChI is InChI=1S/C19H19NO5/c1-20(2)14-6-3-13(4-7-14)5-9-17(21)16-11-15(8-10-18(16)22)25-12-19(23)24/h3-11,22H,12H2,1-2H3,(H,23,24)/p-1/b9-5+. The molecule has 0 amide bonds. The fourth-order valence-corrected chi connectivity index (χ4v) is 2.09. The fourth-order valence-electron chi connectivity index (χ4n) is 2.09. The summed E-state index contributed by atoms with van der Waals surface area (Å²) in [6.45, 7) is -0.632. The maximum atomic E-state index is 12.3. The smallest absolute Gasteiger partial charge is 0.189 e. The molecule has 0 atom stereocenters. The summed E-state index contributed by atoms with van der Waals surface area (Å²) in [7, 11) is 3.87. The Balaban J connectivity index is 2.13. The van der Waals surface area contributed by atoms with Crippen LogP contribution in [0.5, 0.6) is 11.5 Å². The Kier molecular flexibility index (Phi) is 5.79. The number of hydrogen-bond acceptors (Lipinski definition) is 6. The second-order valence-electron chi connectivity index (χ2n) is 5.52. The number of carbonyl (C=O) groups is 2. The lowest BCUT2D eigenvalue weighted by atomic mass is 10.1. The zero-order chi connectivity index (χ0) is 18.4. The van der Waals surface area contributed by atoms with Crippen LogP contribution in [0.4, 0.5) is 5.69 Å². The molecule has 0 fully saturated rings. The maximum Gasteiger partial charge on any atom is 0.189 e. The lowest BCUT2D eigenvalue weighted by Crippen LogP contribution is -2.28. The van der Waals surface area contributed by atoms with Gasteiger partial charge in [-0.1, -0.05) is 18.2 Å². The van der Waals surface area contributed by atoms with Crippen molar-refractivity contribution in [2.24, 2.45) is 0 Å². The first-order valence-electron chi connectivity index (χ1n) is 7.52. The molecule has 0 heterocycles. The number of aromatic hydroxyl groups is 1. The summed E-state index contributed by atoms with van der Waals surface area (Å²) in [5.74, 6) is -1.84. The molecule has 25 heavy (non-hydrogen) atoms. The minimum Gasteiger partial charge on any atom is -0.546 e. The number of carbonyl (C=O) groups excluding carboxylic acids is 2. The van der Waals surface area contributed by atoms with Gasteiger partial charge in [0.05, 0.1) is 11.5 Å². The van der Waals surface area contributed by atoms with Gasteiger partial charge >= 0.3 is 0 Å². The SMILES string of the molecule is CN(C)c1ccc(/C=C/C(=O)c2cc(OCC(=O)[O-])ccc2O)cc1. The lowest BCUT2D eigenvalue weighted by molar-refractivity contribution is -0.307. The minimum atomic E-state index is -1.37. The van der Waals surface area contributed by atoms with Crippen molar-refractivity contribution in [2.75, 3.05) is 25.6 Å². The average molecular weight is 340 g/mol. The molecule has 2 aromatic carbocycles. The van der Waals surface area contributed by atoms with Gasteiger partial charge in [-0.25, -0.2) is 0 Å². The van der Waals surface area contributed by atoms with Gasteiger partial charge in [-0.3, -0.25) is 4.79 Å². The van der Waals surface area contributed by atoms with Crippen molar-refractivity contribution in [3.8, 4) is 11.5 Å². The van der Waals surface area contributed by atoms with E-state index in [9.17, 15) is 19.8 Å². The van der Waals surface area contributed by atoms with Crippen LogP contribution in [0.3, 0.4) is 0 Å². The van der Waals surface area contributed by atoms with Crippen LogP contribution < -0.4 is 14.7 Å². The first kappa shape index (κ1) is 18.1. The van der Waals surface area contributed by atoms with Crippen LogP contribution in [-0.4, -0.2) is 37.6 Å². The number of ether oxygens (including phenoxy) is 1. The normalized spacial score (nSPS) is 10.6. The molecule has 0 aliphatic rings. The molecule has 0 saturated carbocycles.